The molecule has 1 aromatic rings. The van der Waals surface area contributed by atoms with Gasteiger partial charge in [-0.1, -0.05) is 17.7 Å². The Balaban J connectivity index is 2.14. The molecule has 0 radical (unpaired) electrons. The number of hydrogen-bond acceptors (Lipinski definition) is 4. The Labute approximate surface area is 117 Å². The van der Waals surface area contributed by atoms with Gasteiger partial charge in [-0.25, -0.2) is 0 Å². The molecule has 0 spiro atoms. The molecule has 104 valence electrons. The lowest BCUT2D eigenvalue weighted by Crippen LogP contribution is -2.48. The Bertz CT molecular complexity index is 459. The van der Waals surface area contributed by atoms with Gasteiger partial charge in [0.05, 0.1) is 29.6 Å². The number of nitrogens with zero attached hydrogens (tertiary/aromatic N) is 1. The highest BCUT2D eigenvalue weighted by Gasteiger charge is 2.22. The van der Waals surface area contributed by atoms with Crippen LogP contribution in [0.25, 0.3) is 0 Å². The molecule has 1 fully saturated rings. The minimum atomic E-state index is -0.317. The Morgan fingerprint density at radius 1 is 1.53 bits per heavy atom. The first kappa shape index (κ1) is 14.1. The number of nitrogens with one attached hydrogen (secondary N) is 2. The summed E-state index contributed by atoms with van der Waals surface area (Å²) in [7, 11) is 3.78. The second-order valence-corrected chi connectivity index (χ2v) is 5.01. The number of para-hydroxylation sites is 1. The maximum Gasteiger partial charge on any atom is 0.243 e. The molecule has 1 saturated heterocycles. The predicted octanol–water partition coefficient (Wildman–Crippen LogP) is 1.33. The van der Waals surface area contributed by atoms with Gasteiger partial charge in [-0.05, 0) is 12.1 Å². The van der Waals surface area contributed by atoms with Crippen molar-refractivity contribution in [2.24, 2.45) is 0 Å². The summed E-state index contributed by atoms with van der Waals surface area (Å²) in [6, 6.07) is 5.13. The molecule has 1 unspecified atom stereocenters. The van der Waals surface area contributed by atoms with Gasteiger partial charge in [0, 0.05) is 20.6 Å². The fourth-order valence-corrected chi connectivity index (χ4v) is 2.37. The van der Waals surface area contributed by atoms with E-state index in [0.29, 0.717) is 30.5 Å². The van der Waals surface area contributed by atoms with Gasteiger partial charge in [0.1, 0.15) is 6.04 Å². The average Bonchev–Trinajstić information content (AvgIpc) is 2.39. The van der Waals surface area contributed by atoms with E-state index >= 15 is 0 Å². The molecule has 0 saturated carbocycles. The molecule has 1 aromatic carbocycles. The summed E-state index contributed by atoms with van der Waals surface area (Å²) in [6.07, 6.45) is 0. The Morgan fingerprint density at radius 3 is 2.95 bits per heavy atom. The van der Waals surface area contributed by atoms with Crippen LogP contribution < -0.4 is 15.5 Å². The largest absolute Gasteiger partial charge is 0.378 e. The summed E-state index contributed by atoms with van der Waals surface area (Å²) in [5.74, 6) is -0.106. The molecule has 6 heteroatoms. The van der Waals surface area contributed by atoms with Crippen molar-refractivity contribution in [3.63, 3.8) is 0 Å². The molecule has 0 bridgehead atoms. The van der Waals surface area contributed by atoms with Gasteiger partial charge in [-0.3, -0.25) is 4.79 Å². The third-order valence-corrected chi connectivity index (χ3v) is 3.24. The number of carbonyl (C=O) groups excluding carboxylic acids is 1. The van der Waals surface area contributed by atoms with Crippen molar-refractivity contribution in [1.29, 1.82) is 0 Å². The normalized spacial score (nSPS) is 19.0. The summed E-state index contributed by atoms with van der Waals surface area (Å²) in [5.41, 5.74) is 1.50. The second-order valence-electron chi connectivity index (χ2n) is 4.60. The number of ether oxygens (including phenoxy) is 1. The zero-order valence-electron chi connectivity index (χ0n) is 11.1. The molecule has 5 nitrogen and oxygen atoms in total. The highest BCUT2D eigenvalue weighted by Crippen LogP contribution is 2.32. The molecule has 1 atom stereocenters. The molecule has 1 amide bonds. The zero-order valence-corrected chi connectivity index (χ0v) is 11.8. The number of rotatable bonds is 3. The summed E-state index contributed by atoms with van der Waals surface area (Å²) >= 11 is 6.16. The first-order valence-electron chi connectivity index (χ1n) is 6.17. The number of halogens is 1. The first-order valence-corrected chi connectivity index (χ1v) is 6.55. The van der Waals surface area contributed by atoms with E-state index < -0.39 is 0 Å². The van der Waals surface area contributed by atoms with Crippen LogP contribution in [0.4, 0.5) is 11.4 Å². The van der Waals surface area contributed by atoms with Crippen LogP contribution in [0.3, 0.4) is 0 Å². The Kier molecular flexibility index (Phi) is 4.63. The van der Waals surface area contributed by atoms with Crippen molar-refractivity contribution >= 4 is 28.9 Å². The second kappa shape index (κ2) is 6.23. The highest BCUT2D eigenvalue weighted by atomic mass is 35.5. The van der Waals surface area contributed by atoms with Crippen molar-refractivity contribution in [3.05, 3.63) is 23.2 Å². The number of anilines is 2. The van der Waals surface area contributed by atoms with Gasteiger partial charge < -0.3 is 20.3 Å². The summed E-state index contributed by atoms with van der Waals surface area (Å²) < 4.78 is 5.28. The van der Waals surface area contributed by atoms with Gasteiger partial charge in [0.25, 0.3) is 0 Å². The SMILES string of the molecule is CN(C)c1c(Cl)cccc1NC(=O)C1COCCN1. The summed E-state index contributed by atoms with van der Waals surface area (Å²) in [5, 5.41) is 6.62. The summed E-state index contributed by atoms with van der Waals surface area (Å²) in [4.78, 5) is 14.0. The fourth-order valence-electron chi connectivity index (χ4n) is 2.02. The van der Waals surface area contributed by atoms with Crippen molar-refractivity contribution in [3.8, 4) is 0 Å². The third-order valence-electron chi connectivity index (χ3n) is 2.93. The van der Waals surface area contributed by atoms with Crippen molar-refractivity contribution in [2.45, 2.75) is 6.04 Å². The zero-order chi connectivity index (χ0) is 13.8. The van der Waals surface area contributed by atoms with E-state index in [-0.39, 0.29) is 11.9 Å². The minimum Gasteiger partial charge on any atom is -0.378 e. The molecule has 2 N–H and O–H groups in total. The fraction of sp³-hybridized carbons (Fsp3) is 0.462. The van der Waals surface area contributed by atoms with Crippen LogP contribution >= 0.6 is 11.6 Å². The van der Waals surface area contributed by atoms with Crippen LogP contribution in [0, 0.1) is 0 Å². The van der Waals surface area contributed by atoms with E-state index in [1.807, 2.05) is 31.1 Å². The molecule has 1 heterocycles. The number of carbonyl (C=O) groups is 1. The smallest absolute Gasteiger partial charge is 0.243 e. The number of hydrogen-bond donors (Lipinski definition) is 2. The van der Waals surface area contributed by atoms with Crippen LogP contribution in [0.2, 0.25) is 5.02 Å². The summed E-state index contributed by atoms with van der Waals surface area (Å²) in [6.45, 7) is 1.72. The lowest BCUT2D eigenvalue weighted by atomic mass is 10.2. The predicted molar refractivity (Wildman–Crippen MR) is 77.0 cm³/mol. The number of morpholine rings is 1. The van der Waals surface area contributed by atoms with Gasteiger partial charge in [-0.2, -0.15) is 0 Å². The Morgan fingerprint density at radius 2 is 2.32 bits per heavy atom. The molecule has 1 aliphatic heterocycles. The average molecular weight is 284 g/mol. The molecule has 1 aliphatic rings. The van der Waals surface area contributed by atoms with Gasteiger partial charge >= 0.3 is 0 Å². The molecule has 19 heavy (non-hydrogen) atoms. The van der Waals surface area contributed by atoms with E-state index in [9.17, 15) is 4.79 Å². The van der Waals surface area contributed by atoms with Crippen molar-refractivity contribution in [2.75, 3.05) is 44.1 Å². The lowest BCUT2D eigenvalue weighted by molar-refractivity contribution is -0.120. The monoisotopic (exact) mass is 283 g/mol. The van der Waals surface area contributed by atoms with E-state index in [4.69, 9.17) is 16.3 Å². The van der Waals surface area contributed by atoms with Crippen molar-refractivity contribution in [1.82, 2.24) is 5.32 Å². The molecule has 0 aromatic heterocycles. The van der Waals surface area contributed by atoms with Crippen molar-refractivity contribution < 1.29 is 9.53 Å². The Hall–Kier alpha value is -1.30. The van der Waals surface area contributed by atoms with Crippen LogP contribution in [-0.2, 0) is 9.53 Å². The van der Waals surface area contributed by atoms with Crippen LogP contribution in [-0.4, -0.2) is 45.8 Å². The van der Waals surface area contributed by atoms with E-state index in [1.165, 1.54) is 0 Å². The molecular weight excluding hydrogens is 266 g/mol. The van der Waals surface area contributed by atoms with Crippen LogP contribution in [0.1, 0.15) is 0 Å². The van der Waals surface area contributed by atoms with E-state index in [1.54, 1.807) is 6.07 Å². The molecule has 2 rings (SSSR count). The maximum atomic E-state index is 12.1. The van der Waals surface area contributed by atoms with Crippen LogP contribution in [0.5, 0.6) is 0 Å². The van der Waals surface area contributed by atoms with Gasteiger partial charge in [0.15, 0.2) is 0 Å². The molecule has 0 aliphatic carbocycles. The standard InChI is InChI=1S/C13H18ClN3O2/c1-17(2)12-9(14)4-3-5-10(12)16-13(18)11-8-19-7-6-15-11/h3-5,11,15H,6-8H2,1-2H3,(H,16,18). The lowest BCUT2D eigenvalue weighted by Gasteiger charge is -2.25. The topological polar surface area (TPSA) is 53.6 Å². The number of benzene rings is 1. The van der Waals surface area contributed by atoms with Crippen LogP contribution in [0.15, 0.2) is 18.2 Å². The first-order chi connectivity index (χ1) is 9.09. The minimum absolute atomic E-state index is 0.106. The van der Waals surface area contributed by atoms with E-state index in [0.717, 1.165) is 5.69 Å². The van der Waals surface area contributed by atoms with Gasteiger partial charge in [0.2, 0.25) is 5.91 Å². The number of amides is 1. The molecular formula is C13H18ClN3O2. The van der Waals surface area contributed by atoms with E-state index in [2.05, 4.69) is 10.6 Å². The van der Waals surface area contributed by atoms with Gasteiger partial charge in [-0.15, -0.1) is 0 Å². The third kappa shape index (κ3) is 3.37. The maximum absolute atomic E-state index is 12.1. The quantitative estimate of drug-likeness (QED) is 0.879. The highest BCUT2D eigenvalue weighted by molar-refractivity contribution is 6.34.